The molecule has 0 aliphatic carbocycles. The Morgan fingerprint density at radius 3 is 2.69 bits per heavy atom. The Hall–Kier alpha value is -2.88. The SMILES string of the molecule is O=C(NCCCOC(=O)CSc1nccc(-c2ccccn2)n1)Nc1ccc(Cl)cc1Cl. The Morgan fingerprint density at radius 1 is 1.03 bits per heavy atom. The van der Waals surface area contributed by atoms with Crippen LogP contribution in [0.2, 0.25) is 10.0 Å². The van der Waals surface area contributed by atoms with Gasteiger partial charge >= 0.3 is 12.0 Å². The number of benzene rings is 1. The third-order valence-electron chi connectivity index (χ3n) is 3.93. The molecule has 0 spiro atoms. The van der Waals surface area contributed by atoms with E-state index in [1.54, 1.807) is 30.6 Å². The van der Waals surface area contributed by atoms with Crippen molar-refractivity contribution in [1.82, 2.24) is 20.3 Å². The van der Waals surface area contributed by atoms with Crippen molar-refractivity contribution in [3.63, 3.8) is 0 Å². The fourth-order valence-electron chi connectivity index (χ4n) is 2.45. The normalized spacial score (nSPS) is 10.4. The number of hydrogen-bond acceptors (Lipinski definition) is 7. The van der Waals surface area contributed by atoms with E-state index < -0.39 is 6.03 Å². The fraction of sp³-hybridized carbons (Fsp3) is 0.190. The second-order valence-corrected chi connectivity index (χ2v) is 8.09. The van der Waals surface area contributed by atoms with Gasteiger partial charge in [0.1, 0.15) is 0 Å². The Balaban J connectivity index is 1.32. The number of esters is 1. The minimum absolute atomic E-state index is 0.0780. The average Bonchev–Trinajstić information content (AvgIpc) is 2.80. The maximum absolute atomic E-state index is 11.9. The molecule has 8 nitrogen and oxygen atoms in total. The predicted molar refractivity (Wildman–Crippen MR) is 125 cm³/mol. The summed E-state index contributed by atoms with van der Waals surface area (Å²) in [5.74, 6) is -0.312. The van der Waals surface area contributed by atoms with Gasteiger partial charge in [-0.1, -0.05) is 41.0 Å². The number of halogens is 2. The number of carbonyl (C=O) groups excluding carboxylic acids is 2. The van der Waals surface area contributed by atoms with E-state index in [0.29, 0.717) is 39.5 Å². The number of nitrogens with one attached hydrogen (secondary N) is 2. The summed E-state index contributed by atoms with van der Waals surface area (Å²) in [5, 5.41) is 6.57. The summed E-state index contributed by atoms with van der Waals surface area (Å²) >= 11 is 13.0. The number of thioether (sulfide) groups is 1. The van der Waals surface area contributed by atoms with E-state index in [4.69, 9.17) is 27.9 Å². The number of carbonyl (C=O) groups is 2. The van der Waals surface area contributed by atoms with Crippen LogP contribution in [-0.2, 0) is 9.53 Å². The summed E-state index contributed by atoms with van der Waals surface area (Å²) < 4.78 is 5.18. The van der Waals surface area contributed by atoms with E-state index in [2.05, 4.69) is 25.6 Å². The van der Waals surface area contributed by atoms with E-state index in [1.165, 1.54) is 17.8 Å². The average molecular weight is 492 g/mol. The summed E-state index contributed by atoms with van der Waals surface area (Å²) in [4.78, 5) is 36.6. The van der Waals surface area contributed by atoms with Crippen molar-refractivity contribution >= 4 is 52.7 Å². The predicted octanol–water partition coefficient (Wildman–Crippen LogP) is 4.69. The Bertz CT molecular complexity index is 1070. The smallest absolute Gasteiger partial charge is 0.319 e. The number of pyridine rings is 1. The van der Waals surface area contributed by atoms with Crippen LogP contribution >= 0.6 is 35.0 Å². The van der Waals surface area contributed by atoms with Crippen molar-refractivity contribution in [3.05, 3.63) is 64.9 Å². The third kappa shape index (κ3) is 7.67. The first-order valence-corrected chi connectivity index (χ1v) is 11.3. The second-order valence-electron chi connectivity index (χ2n) is 6.31. The van der Waals surface area contributed by atoms with Crippen molar-refractivity contribution in [1.29, 1.82) is 0 Å². The molecule has 2 aromatic heterocycles. The maximum Gasteiger partial charge on any atom is 0.319 e. The van der Waals surface area contributed by atoms with E-state index in [-0.39, 0.29) is 18.3 Å². The maximum atomic E-state index is 11.9. The van der Waals surface area contributed by atoms with Crippen LogP contribution in [0.3, 0.4) is 0 Å². The molecule has 0 saturated heterocycles. The molecule has 0 radical (unpaired) electrons. The molecule has 11 heteroatoms. The van der Waals surface area contributed by atoms with Crippen LogP contribution in [0.4, 0.5) is 10.5 Å². The molecule has 32 heavy (non-hydrogen) atoms. The first-order valence-electron chi connectivity index (χ1n) is 9.54. The highest BCUT2D eigenvalue weighted by molar-refractivity contribution is 7.99. The first-order chi connectivity index (χ1) is 15.5. The third-order valence-corrected chi connectivity index (χ3v) is 5.31. The highest BCUT2D eigenvalue weighted by Gasteiger charge is 2.09. The zero-order valence-corrected chi connectivity index (χ0v) is 19.1. The van der Waals surface area contributed by atoms with Gasteiger partial charge in [0, 0.05) is 24.0 Å². The molecule has 0 unspecified atom stereocenters. The highest BCUT2D eigenvalue weighted by atomic mass is 35.5. The standard InChI is InChI=1S/C21H19Cl2N5O3S/c22-14-5-6-16(15(23)12-14)27-20(30)25-9-3-11-31-19(29)13-32-21-26-10-7-18(28-21)17-4-1-2-8-24-17/h1-2,4-8,10,12H,3,9,11,13H2,(H2,25,27,30). The summed E-state index contributed by atoms with van der Waals surface area (Å²) in [5.41, 5.74) is 1.86. The molecule has 2 heterocycles. The van der Waals surface area contributed by atoms with Crippen LogP contribution in [0, 0.1) is 0 Å². The van der Waals surface area contributed by atoms with E-state index >= 15 is 0 Å². The van der Waals surface area contributed by atoms with Gasteiger partial charge in [-0.05, 0) is 42.8 Å². The van der Waals surface area contributed by atoms with Crippen molar-refractivity contribution < 1.29 is 14.3 Å². The lowest BCUT2D eigenvalue weighted by atomic mass is 10.3. The summed E-state index contributed by atoms with van der Waals surface area (Å²) in [6.45, 7) is 0.503. The molecular weight excluding hydrogens is 473 g/mol. The fourth-order valence-corrected chi connectivity index (χ4v) is 3.53. The Morgan fingerprint density at radius 2 is 1.91 bits per heavy atom. The Labute approximate surface area is 199 Å². The van der Waals surface area contributed by atoms with Gasteiger partial charge in [0.05, 0.1) is 34.5 Å². The van der Waals surface area contributed by atoms with Gasteiger partial charge in [-0.3, -0.25) is 9.78 Å². The molecule has 0 fully saturated rings. The van der Waals surface area contributed by atoms with Gasteiger partial charge in [-0.15, -0.1) is 0 Å². The number of amides is 2. The molecule has 3 aromatic rings. The number of urea groups is 1. The summed E-state index contributed by atoms with van der Waals surface area (Å²) in [6.07, 6.45) is 3.77. The highest BCUT2D eigenvalue weighted by Crippen LogP contribution is 2.25. The van der Waals surface area contributed by atoms with Crippen LogP contribution in [0.5, 0.6) is 0 Å². The van der Waals surface area contributed by atoms with Gasteiger partial charge in [-0.2, -0.15) is 0 Å². The van der Waals surface area contributed by atoms with Crippen molar-refractivity contribution in [3.8, 4) is 11.4 Å². The first kappa shape index (κ1) is 23.8. The van der Waals surface area contributed by atoms with Gasteiger partial charge < -0.3 is 15.4 Å². The second kappa shape index (κ2) is 12.2. The van der Waals surface area contributed by atoms with E-state index in [9.17, 15) is 9.59 Å². The molecule has 2 N–H and O–H groups in total. The summed E-state index contributed by atoms with van der Waals surface area (Å²) in [6, 6.07) is 11.7. The van der Waals surface area contributed by atoms with Gasteiger partial charge in [0.25, 0.3) is 0 Å². The van der Waals surface area contributed by atoms with Crippen molar-refractivity contribution in [2.24, 2.45) is 0 Å². The van der Waals surface area contributed by atoms with Gasteiger partial charge in [-0.25, -0.2) is 14.8 Å². The molecule has 0 aliphatic heterocycles. The number of hydrogen-bond donors (Lipinski definition) is 2. The minimum atomic E-state index is -0.416. The molecule has 166 valence electrons. The lowest BCUT2D eigenvalue weighted by Crippen LogP contribution is -2.30. The largest absolute Gasteiger partial charge is 0.465 e. The quantitative estimate of drug-likeness (QED) is 0.193. The zero-order chi connectivity index (χ0) is 22.8. The minimum Gasteiger partial charge on any atom is -0.465 e. The van der Waals surface area contributed by atoms with Crippen molar-refractivity contribution in [2.45, 2.75) is 11.6 Å². The number of aromatic nitrogens is 3. The van der Waals surface area contributed by atoms with E-state index in [0.717, 1.165) is 5.69 Å². The Kier molecular flexibility index (Phi) is 9.09. The lowest BCUT2D eigenvalue weighted by molar-refractivity contribution is -0.140. The monoisotopic (exact) mass is 491 g/mol. The van der Waals surface area contributed by atoms with Crippen molar-refractivity contribution in [2.75, 3.05) is 24.2 Å². The van der Waals surface area contributed by atoms with E-state index in [1.807, 2.05) is 18.2 Å². The molecule has 3 rings (SSSR count). The molecule has 0 atom stereocenters. The topological polar surface area (TPSA) is 106 Å². The molecule has 2 amide bonds. The molecular formula is C21H19Cl2N5O3S. The summed E-state index contributed by atoms with van der Waals surface area (Å²) in [7, 11) is 0. The molecule has 1 aromatic carbocycles. The van der Waals surface area contributed by atoms with Crippen LogP contribution in [0.15, 0.2) is 60.0 Å². The number of ether oxygens (including phenoxy) is 1. The van der Waals surface area contributed by atoms with Crippen LogP contribution in [0.1, 0.15) is 6.42 Å². The number of nitrogens with zero attached hydrogens (tertiary/aromatic N) is 3. The van der Waals surface area contributed by atoms with Gasteiger partial charge in [0.2, 0.25) is 0 Å². The van der Waals surface area contributed by atoms with Crippen LogP contribution in [0.25, 0.3) is 11.4 Å². The van der Waals surface area contributed by atoms with Crippen LogP contribution < -0.4 is 10.6 Å². The number of anilines is 1. The zero-order valence-electron chi connectivity index (χ0n) is 16.8. The van der Waals surface area contributed by atoms with Crippen LogP contribution in [-0.4, -0.2) is 45.9 Å². The molecule has 0 saturated carbocycles. The lowest BCUT2D eigenvalue weighted by Gasteiger charge is -2.09. The molecule has 0 aliphatic rings. The van der Waals surface area contributed by atoms with Gasteiger partial charge in [0.15, 0.2) is 5.16 Å². The molecule has 0 bridgehead atoms. The number of rotatable bonds is 9.